The second-order valence-corrected chi connectivity index (χ2v) is 8.39. The zero-order chi connectivity index (χ0) is 26.1. The third-order valence-electron chi connectivity index (χ3n) is 4.88. The summed E-state index contributed by atoms with van der Waals surface area (Å²) in [4.78, 5) is 25.0. The molecule has 0 heterocycles. The molecule has 0 aliphatic heterocycles. The quantitative estimate of drug-likeness (QED) is 0.254. The Balaban J connectivity index is 1.77. The highest BCUT2D eigenvalue weighted by molar-refractivity contribution is 6.32. The van der Waals surface area contributed by atoms with E-state index in [9.17, 15) is 14.9 Å². The van der Waals surface area contributed by atoms with Crippen LogP contribution in [0.3, 0.4) is 0 Å². The lowest BCUT2D eigenvalue weighted by Gasteiger charge is -2.15. The van der Waals surface area contributed by atoms with E-state index < -0.39 is 5.91 Å². The third kappa shape index (κ3) is 7.25. The average Bonchev–Trinajstić information content (AvgIpc) is 2.85. The number of benzene rings is 3. The molecular weight excluding hydrogens is 501 g/mol. The van der Waals surface area contributed by atoms with Crippen molar-refractivity contribution >= 4 is 52.5 Å². The molecule has 184 valence electrons. The largest absolute Gasteiger partial charge is 0.490 e. The first-order valence-corrected chi connectivity index (χ1v) is 11.7. The van der Waals surface area contributed by atoms with Crippen LogP contribution in [-0.4, -0.2) is 25.0 Å². The van der Waals surface area contributed by atoms with Gasteiger partial charge in [0, 0.05) is 16.4 Å². The Kier molecular flexibility index (Phi) is 9.34. The van der Waals surface area contributed by atoms with Crippen molar-refractivity contribution in [1.29, 1.82) is 5.26 Å². The fraction of sp³-hybridized carbons (Fsp3) is 0.148. The number of ether oxygens (including phenoxy) is 2. The van der Waals surface area contributed by atoms with E-state index in [-0.39, 0.29) is 34.6 Å². The summed E-state index contributed by atoms with van der Waals surface area (Å²) in [5.74, 6) is -0.505. The van der Waals surface area contributed by atoms with E-state index in [0.717, 1.165) is 5.56 Å². The van der Waals surface area contributed by atoms with Crippen molar-refractivity contribution in [2.45, 2.75) is 13.8 Å². The van der Waals surface area contributed by atoms with Crippen LogP contribution in [0.25, 0.3) is 6.08 Å². The Morgan fingerprint density at radius 2 is 1.75 bits per heavy atom. The van der Waals surface area contributed by atoms with Gasteiger partial charge in [-0.3, -0.25) is 9.59 Å². The van der Waals surface area contributed by atoms with Gasteiger partial charge in [0.1, 0.15) is 11.6 Å². The number of anilines is 2. The number of aryl methyl sites for hydroxylation is 1. The molecule has 2 amide bonds. The van der Waals surface area contributed by atoms with Gasteiger partial charge in [-0.15, -0.1) is 0 Å². The molecule has 7 nitrogen and oxygen atoms in total. The molecule has 0 aromatic heterocycles. The summed E-state index contributed by atoms with van der Waals surface area (Å²) in [6, 6.07) is 18.9. The summed E-state index contributed by atoms with van der Waals surface area (Å²) in [6.45, 7) is 3.68. The number of nitrogens with zero attached hydrogens (tertiary/aromatic N) is 1. The molecule has 9 heteroatoms. The van der Waals surface area contributed by atoms with Gasteiger partial charge >= 0.3 is 0 Å². The van der Waals surface area contributed by atoms with Crippen LogP contribution in [-0.2, 0) is 9.59 Å². The van der Waals surface area contributed by atoms with E-state index in [4.69, 9.17) is 32.7 Å². The number of carbonyl (C=O) groups excluding carboxylic acids is 2. The Hall–Kier alpha value is -3.99. The number of amides is 2. The lowest BCUT2D eigenvalue weighted by molar-refractivity contribution is -0.118. The average molecular weight is 524 g/mol. The Bertz CT molecular complexity index is 1330. The molecule has 3 rings (SSSR count). The minimum absolute atomic E-state index is 0.144. The van der Waals surface area contributed by atoms with Gasteiger partial charge in [-0.05, 0) is 73.5 Å². The monoisotopic (exact) mass is 523 g/mol. The third-order valence-corrected chi connectivity index (χ3v) is 5.41. The fourth-order valence-corrected chi connectivity index (χ4v) is 3.56. The van der Waals surface area contributed by atoms with Crippen molar-refractivity contribution in [3.8, 4) is 17.6 Å². The van der Waals surface area contributed by atoms with Crippen LogP contribution in [0.15, 0.2) is 66.2 Å². The molecule has 0 spiro atoms. The van der Waals surface area contributed by atoms with Crippen LogP contribution in [0.5, 0.6) is 11.5 Å². The number of carbonyl (C=O) groups is 2. The number of hydrogen-bond donors (Lipinski definition) is 2. The summed E-state index contributed by atoms with van der Waals surface area (Å²) >= 11 is 12.3. The summed E-state index contributed by atoms with van der Waals surface area (Å²) in [7, 11) is 0. The fourth-order valence-electron chi connectivity index (χ4n) is 3.16. The highest BCUT2D eigenvalue weighted by Gasteiger charge is 2.16. The molecule has 0 aliphatic rings. The van der Waals surface area contributed by atoms with Crippen molar-refractivity contribution in [2.75, 3.05) is 23.8 Å². The Labute approximate surface area is 219 Å². The SMILES string of the molecule is CCOc1cc(/C=C(/C#N)C(=O)Nc2ccc(Cl)cc2)cc(Cl)c1OCC(=O)Nc1ccccc1C. The lowest BCUT2D eigenvalue weighted by Crippen LogP contribution is -2.21. The van der Waals surface area contributed by atoms with Crippen molar-refractivity contribution in [2.24, 2.45) is 0 Å². The van der Waals surface area contributed by atoms with Gasteiger partial charge in [-0.2, -0.15) is 5.26 Å². The van der Waals surface area contributed by atoms with E-state index in [0.29, 0.717) is 28.6 Å². The standard InChI is InChI=1S/C27H23Cl2N3O4/c1-3-35-24-14-18(12-19(15-30)27(34)31-21-10-8-20(28)9-11-21)13-22(29)26(24)36-16-25(33)32-23-7-5-4-6-17(23)2/h4-14H,3,16H2,1-2H3,(H,31,34)(H,32,33)/b19-12-. The van der Waals surface area contributed by atoms with Gasteiger partial charge < -0.3 is 20.1 Å². The Morgan fingerprint density at radius 1 is 1.03 bits per heavy atom. The molecule has 0 bridgehead atoms. The van der Waals surface area contributed by atoms with Gasteiger partial charge in [-0.1, -0.05) is 41.4 Å². The molecule has 0 aliphatic carbocycles. The molecule has 2 N–H and O–H groups in total. The van der Waals surface area contributed by atoms with E-state index in [1.54, 1.807) is 43.3 Å². The van der Waals surface area contributed by atoms with E-state index in [1.807, 2.05) is 31.2 Å². The summed E-state index contributed by atoms with van der Waals surface area (Å²) in [5.41, 5.74) is 2.40. The van der Waals surface area contributed by atoms with E-state index in [2.05, 4.69) is 10.6 Å². The maximum atomic E-state index is 12.6. The van der Waals surface area contributed by atoms with Gasteiger partial charge in [0.15, 0.2) is 18.1 Å². The topological polar surface area (TPSA) is 100 Å². The zero-order valence-electron chi connectivity index (χ0n) is 19.6. The molecule has 0 saturated carbocycles. The summed E-state index contributed by atoms with van der Waals surface area (Å²) in [6.07, 6.45) is 1.38. The van der Waals surface area contributed by atoms with Crippen molar-refractivity contribution in [1.82, 2.24) is 0 Å². The molecule has 0 fully saturated rings. The number of nitrogens with one attached hydrogen (secondary N) is 2. The van der Waals surface area contributed by atoms with E-state index in [1.165, 1.54) is 12.1 Å². The number of nitriles is 1. The van der Waals surface area contributed by atoms with Gasteiger partial charge in [0.25, 0.3) is 11.8 Å². The highest BCUT2D eigenvalue weighted by atomic mass is 35.5. The summed E-state index contributed by atoms with van der Waals surface area (Å²) in [5, 5.41) is 15.6. The molecule has 3 aromatic rings. The molecule has 0 unspecified atom stereocenters. The second kappa shape index (κ2) is 12.6. The van der Waals surface area contributed by atoms with Crippen LogP contribution in [0.4, 0.5) is 11.4 Å². The highest BCUT2D eigenvalue weighted by Crippen LogP contribution is 2.37. The predicted octanol–water partition coefficient (Wildman–Crippen LogP) is 6.26. The first kappa shape index (κ1) is 26.6. The maximum Gasteiger partial charge on any atom is 0.266 e. The Morgan fingerprint density at radius 3 is 2.42 bits per heavy atom. The summed E-state index contributed by atoms with van der Waals surface area (Å²) < 4.78 is 11.3. The van der Waals surface area contributed by atoms with Crippen molar-refractivity contribution in [3.05, 3.63) is 87.4 Å². The van der Waals surface area contributed by atoms with Crippen molar-refractivity contribution < 1.29 is 19.1 Å². The molecule has 3 aromatic carbocycles. The minimum Gasteiger partial charge on any atom is -0.490 e. The second-order valence-electron chi connectivity index (χ2n) is 7.55. The smallest absolute Gasteiger partial charge is 0.266 e. The minimum atomic E-state index is -0.595. The first-order valence-electron chi connectivity index (χ1n) is 10.9. The first-order chi connectivity index (χ1) is 17.3. The number of hydrogen-bond acceptors (Lipinski definition) is 5. The number of para-hydroxylation sites is 1. The van der Waals surface area contributed by atoms with Crippen LogP contribution >= 0.6 is 23.2 Å². The van der Waals surface area contributed by atoms with Crippen LogP contribution < -0.4 is 20.1 Å². The molecular formula is C27H23Cl2N3O4. The van der Waals surface area contributed by atoms with Gasteiger partial charge in [-0.25, -0.2) is 0 Å². The van der Waals surface area contributed by atoms with E-state index >= 15 is 0 Å². The maximum absolute atomic E-state index is 12.6. The zero-order valence-corrected chi connectivity index (χ0v) is 21.1. The molecule has 0 radical (unpaired) electrons. The van der Waals surface area contributed by atoms with Crippen LogP contribution in [0, 0.1) is 18.3 Å². The van der Waals surface area contributed by atoms with Crippen LogP contribution in [0.1, 0.15) is 18.1 Å². The van der Waals surface area contributed by atoms with Gasteiger partial charge in [0.05, 0.1) is 11.6 Å². The molecule has 36 heavy (non-hydrogen) atoms. The van der Waals surface area contributed by atoms with Gasteiger partial charge in [0.2, 0.25) is 0 Å². The normalized spacial score (nSPS) is 10.8. The van der Waals surface area contributed by atoms with Crippen molar-refractivity contribution in [3.63, 3.8) is 0 Å². The predicted molar refractivity (Wildman–Crippen MR) is 142 cm³/mol. The van der Waals surface area contributed by atoms with Crippen LogP contribution in [0.2, 0.25) is 10.0 Å². The number of rotatable bonds is 9. The lowest BCUT2D eigenvalue weighted by atomic mass is 10.1. The number of halogens is 2. The molecule has 0 atom stereocenters. The molecule has 0 saturated heterocycles.